The smallest absolute Gasteiger partial charge is 0.374 e. The molecule has 0 fully saturated rings. The predicted octanol–water partition coefficient (Wildman–Crippen LogP) is 2.76. The van der Waals surface area contributed by atoms with E-state index in [1.165, 1.54) is 19.2 Å². The molecule has 1 atom stereocenters. The first-order valence-corrected chi connectivity index (χ1v) is 9.08. The Hall–Kier alpha value is -2.64. The molecule has 29 heavy (non-hydrogen) atoms. The van der Waals surface area contributed by atoms with Crippen LogP contribution in [0.2, 0.25) is 0 Å². The van der Waals surface area contributed by atoms with Gasteiger partial charge in [0.2, 0.25) is 0 Å². The fourth-order valence-corrected chi connectivity index (χ4v) is 3.19. The summed E-state index contributed by atoms with van der Waals surface area (Å²) in [6, 6.07) is 4.33. The minimum atomic E-state index is -5.31. The molecule has 12 heteroatoms. The molecule has 2 heterocycles. The Bertz CT molecular complexity index is 1050. The number of benzene rings is 1. The van der Waals surface area contributed by atoms with Crippen molar-refractivity contribution in [1.82, 2.24) is 9.63 Å². The fraction of sp³-hybridized carbons (Fsp3) is 0.235. The van der Waals surface area contributed by atoms with E-state index < -0.39 is 42.0 Å². The molecule has 1 aromatic heterocycles. The summed E-state index contributed by atoms with van der Waals surface area (Å²) in [7, 11) is 1.35. The van der Waals surface area contributed by atoms with Crippen LogP contribution in [-0.4, -0.2) is 34.2 Å². The van der Waals surface area contributed by atoms with Crippen molar-refractivity contribution in [2.24, 2.45) is 7.05 Å². The lowest BCUT2D eigenvalue weighted by Crippen LogP contribution is -2.46. The Labute approximate surface area is 174 Å². The lowest BCUT2D eigenvalue weighted by Gasteiger charge is -2.33. The molecule has 3 rings (SSSR count). The Kier molecular flexibility index (Phi) is 5.56. The summed E-state index contributed by atoms with van der Waals surface area (Å²) in [5.74, 6) is -4.24. The molecule has 0 radical (unpaired) electrons. The first-order chi connectivity index (χ1) is 13.5. The Balaban J connectivity index is 2.01. The number of carbonyl (C=O) groups excluding carboxylic acids is 2. The van der Waals surface area contributed by atoms with Crippen molar-refractivity contribution in [3.8, 4) is 0 Å². The Morgan fingerprint density at radius 3 is 2.59 bits per heavy atom. The minimum Gasteiger partial charge on any atom is -0.374 e. The van der Waals surface area contributed by atoms with E-state index in [1.807, 2.05) is 22.6 Å². The number of anilines is 1. The van der Waals surface area contributed by atoms with Gasteiger partial charge in [0.1, 0.15) is 5.82 Å². The number of carbonyl (C=O) groups is 2. The third kappa shape index (κ3) is 4.36. The lowest BCUT2D eigenvalue weighted by atomic mass is 9.97. The highest BCUT2D eigenvalue weighted by Gasteiger charge is 2.45. The van der Waals surface area contributed by atoms with E-state index in [-0.39, 0.29) is 21.9 Å². The summed E-state index contributed by atoms with van der Waals surface area (Å²) >= 11 is 1.90. The number of aromatic nitrogens is 1. The number of hydrogen-bond acceptors (Lipinski definition) is 5. The fourth-order valence-electron chi connectivity index (χ4n) is 2.74. The topological polar surface area (TPSA) is 80.6 Å². The van der Waals surface area contributed by atoms with Gasteiger partial charge in [0.15, 0.2) is 0 Å². The number of hydrogen-bond donors (Lipinski definition) is 1. The molecular formula is C17H12F4IN3O4. The van der Waals surface area contributed by atoms with E-state index >= 15 is 0 Å². The van der Waals surface area contributed by atoms with Gasteiger partial charge in [-0.05, 0) is 46.4 Å². The van der Waals surface area contributed by atoms with Crippen LogP contribution in [-0.2, 0) is 16.7 Å². The molecule has 0 bridgehead atoms. The zero-order valence-corrected chi connectivity index (χ0v) is 16.7. The van der Waals surface area contributed by atoms with Gasteiger partial charge in [-0.2, -0.15) is 18.2 Å². The van der Waals surface area contributed by atoms with Crippen molar-refractivity contribution >= 4 is 40.2 Å². The van der Waals surface area contributed by atoms with Crippen LogP contribution in [0.4, 0.5) is 23.2 Å². The van der Waals surface area contributed by atoms with Crippen LogP contribution in [0.25, 0.3) is 0 Å². The van der Waals surface area contributed by atoms with Crippen LogP contribution in [0, 0.1) is 9.39 Å². The van der Waals surface area contributed by atoms with Crippen LogP contribution in [0.1, 0.15) is 22.0 Å². The van der Waals surface area contributed by atoms with Gasteiger partial charge in [-0.3, -0.25) is 9.59 Å². The van der Waals surface area contributed by atoms with E-state index in [2.05, 4.69) is 10.2 Å². The van der Waals surface area contributed by atoms with Gasteiger partial charge in [0, 0.05) is 22.9 Å². The maximum Gasteiger partial charge on any atom is 0.493 e. The third-order valence-corrected chi connectivity index (χ3v) is 4.80. The summed E-state index contributed by atoms with van der Waals surface area (Å²) < 4.78 is 53.5. The van der Waals surface area contributed by atoms with Crippen LogP contribution in [0.15, 0.2) is 35.3 Å². The molecule has 1 N–H and O–H groups in total. The summed E-state index contributed by atoms with van der Waals surface area (Å²) in [5.41, 5.74) is -0.488. The number of hydroxylamine groups is 2. The molecule has 0 saturated heterocycles. The molecule has 0 aliphatic carbocycles. The standard InChI is InChI=1S/C17H12F4IN3O4/c1-24-6-10-9(5-14(24)26)13(23-12-3-2-8(22)4-11(12)18)7-25(15(10)27)29-16(28)17(19,20)21/h2-6,13,23H,7H2,1H3. The predicted molar refractivity (Wildman–Crippen MR) is 100 cm³/mol. The largest absolute Gasteiger partial charge is 0.493 e. The average molecular weight is 525 g/mol. The number of nitrogens with zero attached hydrogens (tertiary/aromatic N) is 2. The number of aryl methyl sites for hydroxylation is 1. The van der Waals surface area contributed by atoms with Crippen molar-refractivity contribution < 1.29 is 32.0 Å². The zero-order chi connectivity index (χ0) is 21.5. The number of halogens is 5. The molecular weight excluding hydrogens is 513 g/mol. The van der Waals surface area contributed by atoms with Gasteiger partial charge in [0.25, 0.3) is 11.5 Å². The SMILES string of the molecule is Cn1cc2c(cc1=O)C(Nc1ccc(I)cc1F)CN(OC(=O)C(F)(F)F)C2=O. The number of pyridine rings is 1. The average Bonchev–Trinajstić information content (AvgIpc) is 2.62. The maximum absolute atomic E-state index is 14.2. The second-order valence-corrected chi connectivity index (χ2v) is 7.40. The first kappa shape index (κ1) is 21.1. The lowest BCUT2D eigenvalue weighted by molar-refractivity contribution is -0.229. The summed E-state index contributed by atoms with van der Waals surface area (Å²) in [4.78, 5) is 39.9. The summed E-state index contributed by atoms with van der Waals surface area (Å²) in [6.07, 6.45) is -4.19. The van der Waals surface area contributed by atoms with Crippen LogP contribution in [0.5, 0.6) is 0 Å². The van der Waals surface area contributed by atoms with E-state index in [1.54, 1.807) is 6.07 Å². The van der Waals surface area contributed by atoms with Gasteiger partial charge in [-0.1, -0.05) is 0 Å². The highest BCUT2D eigenvalue weighted by atomic mass is 127. The summed E-state index contributed by atoms with van der Waals surface area (Å²) in [5, 5.41) is 2.99. The molecule has 1 aliphatic heterocycles. The van der Waals surface area contributed by atoms with Gasteiger partial charge in [-0.15, -0.1) is 0 Å². The molecule has 2 aromatic rings. The maximum atomic E-state index is 14.2. The molecule has 1 amide bonds. The molecule has 0 spiro atoms. The number of amides is 1. The molecule has 1 aromatic carbocycles. The minimum absolute atomic E-state index is 0.00140. The summed E-state index contributed by atoms with van der Waals surface area (Å²) in [6.45, 7) is -0.563. The van der Waals surface area contributed by atoms with E-state index in [0.717, 1.165) is 16.8 Å². The zero-order valence-electron chi connectivity index (χ0n) is 14.6. The molecule has 7 nitrogen and oxygen atoms in total. The van der Waals surface area contributed by atoms with Gasteiger partial charge in [0.05, 0.1) is 23.8 Å². The Morgan fingerprint density at radius 2 is 1.97 bits per heavy atom. The highest BCUT2D eigenvalue weighted by Crippen LogP contribution is 2.31. The van der Waals surface area contributed by atoms with Crippen molar-refractivity contribution in [1.29, 1.82) is 0 Å². The Morgan fingerprint density at radius 1 is 1.28 bits per heavy atom. The van der Waals surface area contributed by atoms with E-state index in [4.69, 9.17) is 0 Å². The molecule has 1 unspecified atom stereocenters. The second kappa shape index (κ2) is 7.65. The van der Waals surface area contributed by atoms with E-state index in [0.29, 0.717) is 3.57 Å². The van der Waals surface area contributed by atoms with Crippen molar-refractivity contribution in [3.63, 3.8) is 0 Å². The quantitative estimate of drug-likeness (QED) is 0.493. The molecule has 1 aliphatic rings. The third-order valence-electron chi connectivity index (χ3n) is 4.13. The normalized spacial score (nSPS) is 16.4. The van der Waals surface area contributed by atoms with Crippen LogP contribution < -0.4 is 10.9 Å². The van der Waals surface area contributed by atoms with Crippen molar-refractivity contribution in [2.45, 2.75) is 12.2 Å². The number of nitrogens with one attached hydrogen (secondary N) is 1. The van der Waals surface area contributed by atoms with Gasteiger partial charge in [-0.25, -0.2) is 9.18 Å². The van der Waals surface area contributed by atoms with Crippen LogP contribution in [0.3, 0.4) is 0 Å². The van der Waals surface area contributed by atoms with Gasteiger partial charge >= 0.3 is 12.1 Å². The molecule has 154 valence electrons. The number of alkyl halides is 3. The van der Waals surface area contributed by atoms with Crippen molar-refractivity contribution in [3.05, 3.63) is 61.3 Å². The second-order valence-electron chi connectivity index (χ2n) is 6.16. The monoisotopic (exact) mass is 525 g/mol. The highest BCUT2D eigenvalue weighted by molar-refractivity contribution is 14.1. The number of rotatable bonds is 3. The first-order valence-electron chi connectivity index (χ1n) is 8.00. The molecule has 0 saturated carbocycles. The number of fused-ring (bicyclic) bond motifs is 1. The van der Waals surface area contributed by atoms with Gasteiger partial charge < -0.3 is 14.7 Å². The van der Waals surface area contributed by atoms with E-state index in [9.17, 15) is 31.9 Å². The van der Waals surface area contributed by atoms with Crippen LogP contribution >= 0.6 is 22.6 Å². The van der Waals surface area contributed by atoms with Crippen molar-refractivity contribution in [2.75, 3.05) is 11.9 Å².